The molecule has 0 aliphatic carbocycles. The molecule has 1 fully saturated rings. The maximum absolute atomic E-state index is 13.0. The number of likely N-dealkylation sites (tertiary alicyclic amines) is 1. The van der Waals surface area contributed by atoms with Gasteiger partial charge in [-0.25, -0.2) is 8.42 Å². The molecule has 1 aliphatic heterocycles. The molecule has 1 saturated heterocycles. The van der Waals surface area contributed by atoms with Crippen LogP contribution in [-0.4, -0.2) is 65.2 Å². The number of amides is 2. The first-order valence-corrected chi connectivity index (χ1v) is 12.5. The predicted octanol–water partition coefficient (Wildman–Crippen LogP) is 2.73. The summed E-state index contributed by atoms with van der Waals surface area (Å²) in [6.07, 6.45) is 4.02. The topological polar surface area (TPSA) is 105 Å². The molecule has 1 N–H and O–H groups in total. The van der Waals surface area contributed by atoms with Crippen LogP contribution in [0.25, 0.3) is 0 Å². The highest BCUT2D eigenvalue weighted by Gasteiger charge is 2.25. The molecule has 33 heavy (non-hydrogen) atoms. The number of hydrogen-bond donors (Lipinski definition) is 1. The van der Waals surface area contributed by atoms with Crippen LogP contribution in [0.4, 0.5) is 11.4 Å². The van der Waals surface area contributed by atoms with Crippen molar-refractivity contribution >= 4 is 33.2 Å². The monoisotopic (exact) mass is 475 g/mol. The van der Waals surface area contributed by atoms with Crippen LogP contribution < -0.4 is 19.1 Å². The Labute approximate surface area is 194 Å². The minimum atomic E-state index is -3.79. The second kappa shape index (κ2) is 10.6. The lowest BCUT2D eigenvalue weighted by atomic mass is 10.1. The SMILES string of the molecule is COc1ccc(N(CC(=O)Nc2ccccc2C(=O)N2CCCCC2)S(C)(=O)=O)cc1OC. The lowest BCUT2D eigenvalue weighted by Crippen LogP contribution is -2.38. The summed E-state index contributed by atoms with van der Waals surface area (Å²) in [7, 11) is -0.878. The van der Waals surface area contributed by atoms with Gasteiger partial charge in [0.25, 0.3) is 5.91 Å². The minimum Gasteiger partial charge on any atom is -0.493 e. The Kier molecular flexibility index (Phi) is 7.80. The molecule has 10 heteroatoms. The van der Waals surface area contributed by atoms with Crippen LogP contribution in [0.5, 0.6) is 11.5 Å². The molecule has 2 amide bonds. The average Bonchev–Trinajstić information content (AvgIpc) is 2.82. The summed E-state index contributed by atoms with van der Waals surface area (Å²) in [5.41, 5.74) is 0.978. The molecular formula is C23H29N3O6S. The fourth-order valence-electron chi connectivity index (χ4n) is 3.75. The van der Waals surface area contributed by atoms with Gasteiger partial charge >= 0.3 is 0 Å². The first-order valence-electron chi connectivity index (χ1n) is 10.6. The number of nitrogens with one attached hydrogen (secondary N) is 1. The van der Waals surface area contributed by atoms with E-state index in [0.29, 0.717) is 35.8 Å². The third kappa shape index (κ3) is 5.95. The zero-order valence-electron chi connectivity index (χ0n) is 19.0. The second-order valence-corrected chi connectivity index (χ2v) is 9.66. The summed E-state index contributed by atoms with van der Waals surface area (Å²) >= 11 is 0. The molecule has 1 aliphatic rings. The van der Waals surface area contributed by atoms with Crippen molar-refractivity contribution in [3.63, 3.8) is 0 Å². The second-order valence-electron chi connectivity index (χ2n) is 7.76. The zero-order chi connectivity index (χ0) is 24.0. The van der Waals surface area contributed by atoms with E-state index in [4.69, 9.17) is 9.47 Å². The Morgan fingerprint density at radius 3 is 2.30 bits per heavy atom. The molecule has 3 rings (SSSR count). The zero-order valence-corrected chi connectivity index (χ0v) is 19.9. The van der Waals surface area contributed by atoms with Gasteiger partial charge in [0.1, 0.15) is 6.54 Å². The van der Waals surface area contributed by atoms with E-state index in [1.165, 1.54) is 26.4 Å². The van der Waals surface area contributed by atoms with Crippen molar-refractivity contribution < 1.29 is 27.5 Å². The Hall–Kier alpha value is -3.27. The smallest absolute Gasteiger partial charge is 0.255 e. The average molecular weight is 476 g/mol. The number of anilines is 2. The third-order valence-corrected chi connectivity index (χ3v) is 6.56. The number of sulfonamides is 1. The van der Waals surface area contributed by atoms with E-state index >= 15 is 0 Å². The van der Waals surface area contributed by atoms with Gasteiger partial charge in [-0.1, -0.05) is 12.1 Å². The van der Waals surface area contributed by atoms with Gasteiger partial charge in [0.2, 0.25) is 15.9 Å². The largest absolute Gasteiger partial charge is 0.493 e. The molecule has 2 aromatic carbocycles. The predicted molar refractivity (Wildman–Crippen MR) is 127 cm³/mol. The van der Waals surface area contributed by atoms with Crippen LogP contribution in [0, 0.1) is 0 Å². The van der Waals surface area contributed by atoms with E-state index in [2.05, 4.69) is 5.32 Å². The van der Waals surface area contributed by atoms with E-state index in [1.54, 1.807) is 35.2 Å². The van der Waals surface area contributed by atoms with E-state index in [9.17, 15) is 18.0 Å². The number of methoxy groups -OCH3 is 2. The first kappa shape index (κ1) is 24.4. The maximum Gasteiger partial charge on any atom is 0.255 e. The van der Waals surface area contributed by atoms with Crippen molar-refractivity contribution in [2.75, 3.05) is 49.7 Å². The number of hydrogen-bond acceptors (Lipinski definition) is 6. The first-order chi connectivity index (χ1) is 15.7. The summed E-state index contributed by atoms with van der Waals surface area (Å²) in [5, 5.41) is 2.71. The van der Waals surface area contributed by atoms with Gasteiger partial charge in [0.15, 0.2) is 11.5 Å². The fraction of sp³-hybridized carbons (Fsp3) is 0.391. The van der Waals surface area contributed by atoms with E-state index in [0.717, 1.165) is 29.8 Å². The van der Waals surface area contributed by atoms with Gasteiger partial charge in [0, 0.05) is 19.2 Å². The summed E-state index contributed by atoms with van der Waals surface area (Å²) in [5.74, 6) is 0.0467. The summed E-state index contributed by atoms with van der Waals surface area (Å²) in [6.45, 7) is 0.894. The van der Waals surface area contributed by atoms with Gasteiger partial charge in [-0.3, -0.25) is 13.9 Å². The number of piperidine rings is 1. The lowest BCUT2D eigenvalue weighted by Gasteiger charge is -2.27. The Morgan fingerprint density at radius 2 is 1.67 bits per heavy atom. The summed E-state index contributed by atoms with van der Waals surface area (Å²) in [6, 6.07) is 11.3. The lowest BCUT2D eigenvalue weighted by molar-refractivity contribution is -0.114. The molecule has 0 saturated carbocycles. The Balaban J connectivity index is 1.82. The Bertz CT molecular complexity index is 1110. The molecule has 1 heterocycles. The minimum absolute atomic E-state index is 0.148. The Morgan fingerprint density at radius 1 is 1.00 bits per heavy atom. The van der Waals surface area contributed by atoms with Crippen LogP contribution in [0.1, 0.15) is 29.6 Å². The van der Waals surface area contributed by atoms with Crippen LogP contribution >= 0.6 is 0 Å². The molecule has 0 atom stereocenters. The number of para-hydroxylation sites is 1. The molecule has 0 radical (unpaired) electrons. The number of benzene rings is 2. The molecule has 2 aromatic rings. The molecule has 0 aromatic heterocycles. The number of nitrogens with zero attached hydrogens (tertiary/aromatic N) is 2. The normalized spacial score (nSPS) is 13.8. The molecule has 9 nitrogen and oxygen atoms in total. The summed E-state index contributed by atoms with van der Waals surface area (Å²) in [4.78, 5) is 27.6. The van der Waals surface area contributed by atoms with E-state index in [-0.39, 0.29) is 11.6 Å². The molecule has 0 bridgehead atoms. The van der Waals surface area contributed by atoms with Crippen LogP contribution in [0.3, 0.4) is 0 Å². The number of ether oxygens (including phenoxy) is 2. The third-order valence-electron chi connectivity index (χ3n) is 5.42. The number of carbonyl (C=O) groups is 2. The fourth-order valence-corrected chi connectivity index (χ4v) is 4.59. The van der Waals surface area contributed by atoms with Gasteiger partial charge in [-0.05, 0) is 43.5 Å². The van der Waals surface area contributed by atoms with Crippen LogP contribution in [0.2, 0.25) is 0 Å². The van der Waals surface area contributed by atoms with Gasteiger partial charge in [-0.15, -0.1) is 0 Å². The highest BCUT2D eigenvalue weighted by molar-refractivity contribution is 7.92. The van der Waals surface area contributed by atoms with Crippen molar-refractivity contribution in [2.24, 2.45) is 0 Å². The van der Waals surface area contributed by atoms with Crippen molar-refractivity contribution in [3.8, 4) is 11.5 Å². The van der Waals surface area contributed by atoms with Gasteiger partial charge < -0.3 is 19.7 Å². The quantitative estimate of drug-likeness (QED) is 0.629. The van der Waals surface area contributed by atoms with Gasteiger partial charge in [0.05, 0.1) is 37.4 Å². The highest BCUT2D eigenvalue weighted by Crippen LogP contribution is 2.32. The number of rotatable bonds is 8. The summed E-state index contributed by atoms with van der Waals surface area (Å²) < 4.78 is 36.4. The maximum atomic E-state index is 13.0. The van der Waals surface area contributed by atoms with Crippen molar-refractivity contribution in [1.29, 1.82) is 0 Å². The van der Waals surface area contributed by atoms with E-state index < -0.39 is 22.5 Å². The molecular weight excluding hydrogens is 446 g/mol. The number of carbonyl (C=O) groups excluding carboxylic acids is 2. The van der Waals surface area contributed by atoms with Crippen LogP contribution in [-0.2, 0) is 14.8 Å². The van der Waals surface area contributed by atoms with Crippen LogP contribution in [0.15, 0.2) is 42.5 Å². The van der Waals surface area contributed by atoms with Crippen molar-refractivity contribution in [3.05, 3.63) is 48.0 Å². The van der Waals surface area contributed by atoms with Crippen molar-refractivity contribution in [1.82, 2.24) is 4.90 Å². The highest BCUT2D eigenvalue weighted by atomic mass is 32.2. The van der Waals surface area contributed by atoms with Crippen molar-refractivity contribution in [2.45, 2.75) is 19.3 Å². The molecule has 0 unspecified atom stereocenters. The van der Waals surface area contributed by atoms with Gasteiger partial charge in [-0.2, -0.15) is 0 Å². The molecule has 0 spiro atoms. The molecule has 178 valence electrons. The standard InChI is InChI=1S/C23H29N3O6S/c1-31-20-12-11-17(15-21(20)32-2)26(33(3,29)30)16-22(27)24-19-10-6-5-9-18(19)23(28)25-13-7-4-8-14-25/h5-6,9-12,15H,4,7-8,13-14,16H2,1-3H3,(H,24,27). The van der Waals surface area contributed by atoms with E-state index in [1.807, 2.05) is 0 Å².